The van der Waals surface area contributed by atoms with Gasteiger partial charge < -0.3 is 15.4 Å². The molecule has 0 aliphatic carbocycles. The Balaban J connectivity index is 1.94. The Bertz CT molecular complexity index is 609. The topological polar surface area (TPSA) is 70.7 Å². The first-order chi connectivity index (χ1) is 11.2. The predicted octanol–water partition coefficient (Wildman–Crippen LogP) is 1.58. The Morgan fingerprint density at radius 2 is 2.22 bits per heavy atom. The lowest BCUT2D eigenvalue weighted by atomic mass is 10.0. The van der Waals surface area contributed by atoms with E-state index in [9.17, 15) is 9.59 Å². The van der Waals surface area contributed by atoms with Gasteiger partial charge in [0.25, 0.3) is 0 Å². The van der Waals surface area contributed by atoms with Crippen molar-refractivity contribution < 1.29 is 14.3 Å². The van der Waals surface area contributed by atoms with Gasteiger partial charge in [-0.2, -0.15) is 11.8 Å². The Morgan fingerprint density at radius 3 is 2.87 bits per heavy atom. The van der Waals surface area contributed by atoms with Crippen molar-refractivity contribution in [2.24, 2.45) is 0 Å². The Kier molecular flexibility index (Phi) is 5.24. The van der Waals surface area contributed by atoms with Crippen molar-refractivity contribution >= 4 is 35.1 Å². The summed E-state index contributed by atoms with van der Waals surface area (Å²) >= 11 is 3.43. The first kappa shape index (κ1) is 16.4. The summed E-state index contributed by atoms with van der Waals surface area (Å²) < 4.78 is 4.97. The monoisotopic (exact) mass is 353 g/mol. The molecule has 2 aliphatic heterocycles. The predicted molar refractivity (Wildman–Crippen MR) is 91.5 cm³/mol. The first-order valence-electron chi connectivity index (χ1n) is 7.41. The van der Waals surface area contributed by atoms with Crippen LogP contribution in [0, 0.1) is 0 Å². The lowest BCUT2D eigenvalue weighted by Gasteiger charge is -2.32. The second-order valence-electron chi connectivity index (χ2n) is 5.32. The minimum atomic E-state index is -0.453. The summed E-state index contributed by atoms with van der Waals surface area (Å²) in [6.45, 7) is 2.46. The van der Waals surface area contributed by atoms with Gasteiger partial charge in [0.15, 0.2) is 0 Å². The zero-order valence-corrected chi connectivity index (χ0v) is 14.5. The van der Waals surface area contributed by atoms with Gasteiger partial charge in [0.05, 0.1) is 18.7 Å². The van der Waals surface area contributed by atoms with Gasteiger partial charge in [-0.25, -0.2) is 9.59 Å². The highest BCUT2D eigenvalue weighted by atomic mass is 32.2. The van der Waals surface area contributed by atoms with E-state index in [1.54, 1.807) is 0 Å². The quantitative estimate of drug-likeness (QED) is 0.804. The molecular formula is C15H19N3O3S2. The number of thioether (sulfide) groups is 1. The van der Waals surface area contributed by atoms with E-state index >= 15 is 0 Å². The van der Waals surface area contributed by atoms with Crippen molar-refractivity contribution in [1.82, 2.24) is 15.5 Å². The van der Waals surface area contributed by atoms with Crippen molar-refractivity contribution in [3.8, 4) is 0 Å². The van der Waals surface area contributed by atoms with Crippen LogP contribution in [0.4, 0.5) is 4.79 Å². The van der Waals surface area contributed by atoms with Crippen LogP contribution in [0.2, 0.25) is 0 Å². The minimum absolute atomic E-state index is 0.280. The van der Waals surface area contributed by atoms with Gasteiger partial charge in [0.1, 0.15) is 0 Å². The molecule has 1 atom stereocenters. The molecule has 1 fully saturated rings. The molecule has 6 nitrogen and oxygen atoms in total. The Morgan fingerprint density at radius 1 is 1.43 bits per heavy atom. The summed E-state index contributed by atoms with van der Waals surface area (Å²) in [7, 11) is 1.37. The van der Waals surface area contributed by atoms with Crippen molar-refractivity contribution in [3.63, 3.8) is 0 Å². The molecule has 2 N–H and O–H groups in total. The van der Waals surface area contributed by atoms with Crippen molar-refractivity contribution in [2.45, 2.75) is 6.04 Å². The second kappa shape index (κ2) is 7.37. The number of rotatable bonds is 4. The van der Waals surface area contributed by atoms with Gasteiger partial charge in [-0.1, -0.05) is 6.07 Å². The van der Waals surface area contributed by atoms with E-state index in [1.165, 1.54) is 18.4 Å². The number of nitrogens with one attached hydrogen (secondary N) is 2. The van der Waals surface area contributed by atoms with Gasteiger partial charge in [0.2, 0.25) is 0 Å². The number of carbonyl (C=O) groups is 2. The molecule has 23 heavy (non-hydrogen) atoms. The van der Waals surface area contributed by atoms with E-state index in [0.29, 0.717) is 17.8 Å². The smallest absolute Gasteiger partial charge is 0.338 e. The van der Waals surface area contributed by atoms with Crippen molar-refractivity contribution in [3.05, 3.63) is 33.7 Å². The Hall–Kier alpha value is -1.51. The summed E-state index contributed by atoms with van der Waals surface area (Å²) in [5.41, 5.74) is 1.14. The molecule has 8 heteroatoms. The summed E-state index contributed by atoms with van der Waals surface area (Å²) in [5.74, 6) is 1.74. The van der Waals surface area contributed by atoms with Crippen LogP contribution >= 0.6 is 23.1 Å². The van der Waals surface area contributed by atoms with E-state index in [1.807, 2.05) is 29.3 Å². The molecule has 1 aromatic rings. The molecule has 0 unspecified atom stereocenters. The zero-order chi connectivity index (χ0) is 16.2. The number of carbonyl (C=O) groups excluding carboxylic acids is 2. The third kappa shape index (κ3) is 3.70. The van der Waals surface area contributed by atoms with Gasteiger partial charge in [0, 0.05) is 41.7 Å². The maximum Gasteiger partial charge on any atom is 0.338 e. The van der Waals surface area contributed by atoms with Crippen LogP contribution in [0.1, 0.15) is 10.9 Å². The lowest BCUT2D eigenvalue weighted by molar-refractivity contribution is -0.136. The minimum Gasteiger partial charge on any atom is -0.466 e. The molecule has 1 saturated heterocycles. The number of urea groups is 1. The van der Waals surface area contributed by atoms with E-state index < -0.39 is 12.0 Å². The second-order valence-corrected chi connectivity index (χ2v) is 7.52. The molecule has 1 aromatic heterocycles. The molecule has 0 radical (unpaired) electrons. The van der Waals surface area contributed by atoms with Crippen LogP contribution in [0.3, 0.4) is 0 Å². The third-order valence-electron chi connectivity index (χ3n) is 3.87. The first-order valence-corrected chi connectivity index (χ1v) is 9.45. The van der Waals surface area contributed by atoms with Gasteiger partial charge >= 0.3 is 12.0 Å². The average Bonchev–Trinajstić information content (AvgIpc) is 3.09. The molecule has 124 valence electrons. The lowest BCUT2D eigenvalue weighted by Crippen LogP contribution is -2.49. The molecule has 0 spiro atoms. The van der Waals surface area contributed by atoms with Crippen molar-refractivity contribution in [1.29, 1.82) is 0 Å². The van der Waals surface area contributed by atoms with Crippen LogP contribution in [-0.2, 0) is 9.53 Å². The Labute approximate surface area is 143 Å². The molecule has 3 heterocycles. The molecule has 2 amide bonds. The number of hydrogen-bond acceptors (Lipinski definition) is 6. The maximum absolute atomic E-state index is 12.3. The van der Waals surface area contributed by atoms with Crippen molar-refractivity contribution in [2.75, 3.05) is 38.2 Å². The highest BCUT2D eigenvalue weighted by Crippen LogP contribution is 2.30. The van der Waals surface area contributed by atoms with Gasteiger partial charge in [-0.15, -0.1) is 11.3 Å². The summed E-state index contributed by atoms with van der Waals surface area (Å²) in [6.07, 6.45) is 0. The fourth-order valence-corrected chi connectivity index (χ4v) is 4.51. The number of hydrogen-bond donors (Lipinski definition) is 2. The fourth-order valence-electron chi connectivity index (χ4n) is 2.75. The van der Waals surface area contributed by atoms with E-state index in [4.69, 9.17) is 4.74 Å². The normalized spacial score (nSPS) is 22.5. The summed E-state index contributed by atoms with van der Waals surface area (Å²) in [4.78, 5) is 27.6. The molecule has 2 aliphatic rings. The third-order valence-corrected chi connectivity index (χ3v) is 5.75. The number of nitrogens with zero attached hydrogens (tertiary/aromatic N) is 1. The van der Waals surface area contributed by atoms with E-state index in [2.05, 4.69) is 15.5 Å². The molecule has 0 saturated carbocycles. The molecule has 3 rings (SSSR count). The highest BCUT2D eigenvalue weighted by molar-refractivity contribution is 7.99. The van der Waals surface area contributed by atoms with Crippen LogP contribution in [0.5, 0.6) is 0 Å². The number of esters is 1. The fraction of sp³-hybridized carbons (Fsp3) is 0.467. The standard InChI is InChI=1S/C15H19N3O3S2/c1-21-14(19)12-10(9-18-4-7-22-8-5-18)16-15(20)17-13(12)11-3-2-6-23-11/h2-3,6,13H,4-5,7-9H2,1H3,(H2,16,17,20)/t13-/m1/s1. The number of ether oxygens (including phenoxy) is 1. The average molecular weight is 353 g/mol. The zero-order valence-electron chi connectivity index (χ0n) is 12.8. The summed E-state index contributed by atoms with van der Waals surface area (Å²) in [6, 6.07) is 3.09. The number of methoxy groups -OCH3 is 1. The van der Waals surface area contributed by atoms with Crippen LogP contribution in [-0.4, -0.2) is 55.2 Å². The van der Waals surface area contributed by atoms with Crippen LogP contribution < -0.4 is 10.6 Å². The van der Waals surface area contributed by atoms with Crippen LogP contribution in [0.25, 0.3) is 0 Å². The van der Waals surface area contributed by atoms with Gasteiger partial charge in [-0.3, -0.25) is 4.90 Å². The number of thiophene rings is 1. The SMILES string of the molecule is COC(=O)C1=C(CN2CCSCC2)NC(=O)N[C@@H]1c1cccs1. The molecule has 0 aromatic carbocycles. The molecular weight excluding hydrogens is 334 g/mol. The van der Waals surface area contributed by atoms with E-state index in [-0.39, 0.29) is 6.03 Å². The highest BCUT2D eigenvalue weighted by Gasteiger charge is 2.34. The summed E-state index contributed by atoms with van der Waals surface area (Å²) in [5, 5.41) is 7.57. The van der Waals surface area contributed by atoms with Gasteiger partial charge in [-0.05, 0) is 11.4 Å². The molecule has 0 bridgehead atoms. The van der Waals surface area contributed by atoms with E-state index in [0.717, 1.165) is 29.5 Å². The maximum atomic E-state index is 12.3. The van der Waals surface area contributed by atoms with Crippen LogP contribution in [0.15, 0.2) is 28.8 Å². The largest absolute Gasteiger partial charge is 0.466 e. The number of amides is 2.